The lowest BCUT2D eigenvalue weighted by Crippen LogP contribution is -2.47. The van der Waals surface area contributed by atoms with Crippen molar-refractivity contribution in [1.29, 1.82) is 0 Å². The minimum absolute atomic E-state index is 0.0891. The maximum Gasteiger partial charge on any atom is 0.272 e. The smallest absolute Gasteiger partial charge is 0.272 e. The first-order valence-corrected chi connectivity index (χ1v) is 9.29. The Kier molecular flexibility index (Phi) is 4.80. The van der Waals surface area contributed by atoms with Crippen molar-refractivity contribution in [3.05, 3.63) is 47.3 Å². The molecule has 142 valence electrons. The number of piperidine rings is 1. The molecule has 0 aliphatic carbocycles. The van der Waals surface area contributed by atoms with E-state index in [1.54, 1.807) is 17.2 Å². The number of nitrogens with zero attached hydrogens (tertiary/aromatic N) is 3. The molecule has 1 N–H and O–H groups in total. The summed E-state index contributed by atoms with van der Waals surface area (Å²) < 4.78 is 11.4. The van der Waals surface area contributed by atoms with Crippen molar-refractivity contribution >= 4 is 17.5 Å². The van der Waals surface area contributed by atoms with Gasteiger partial charge in [-0.15, -0.1) is 0 Å². The van der Waals surface area contributed by atoms with Crippen LogP contribution >= 0.6 is 0 Å². The SMILES string of the molecule is Cc1cc(C)cc(Nc2nccc(C(=O)N3CCC4(CC3)OCCO4)n2)c1. The van der Waals surface area contributed by atoms with Crippen LogP contribution in [0.5, 0.6) is 0 Å². The highest BCUT2D eigenvalue weighted by molar-refractivity contribution is 5.92. The van der Waals surface area contributed by atoms with Crippen molar-refractivity contribution < 1.29 is 14.3 Å². The predicted molar refractivity (Wildman–Crippen MR) is 101 cm³/mol. The van der Waals surface area contributed by atoms with E-state index in [1.165, 1.54) is 0 Å². The van der Waals surface area contributed by atoms with Crippen LogP contribution < -0.4 is 5.32 Å². The number of benzene rings is 1. The lowest BCUT2D eigenvalue weighted by Gasteiger charge is -2.37. The van der Waals surface area contributed by atoms with Gasteiger partial charge in [0.2, 0.25) is 5.95 Å². The van der Waals surface area contributed by atoms with Crippen molar-refractivity contribution in [2.45, 2.75) is 32.5 Å². The molecule has 1 spiro atoms. The zero-order chi connectivity index (χ0) is 18.9. The summed E-state index contributed by atoms with van der Waals surface area (Å²) in [6.45, 7) is 6.55. The molecule has 1 aromatic carbocycles. The molecule has 0 atom stereocenters. The highest BCUT2D eigenvalue weighted by Gasteiger charge is 2.41. The van der Waals surface area contributed by atoms with Gasteiger partial charge in [0.05, 0.1) is 13.2 Å². The molecule has 1 amide bonds. The fourth-order valence-electron chi connectivity index (χ4n) is 3.71. The van der Waals surface area contributed by atoms with Crippen LogP contribution in [0.1, 0.15) is 34.5 Å². The average molecular weight is 368 g/mol. The molecule has 7 nitrogen and oxygen atoms in total. The van der Waals surface area contributed by atoms with Crippen LogP contribution in [0.2, 0.25) is 0 Å². The Morgan fingerprint density at radius 2 is 1.78 bits per heavy atom. The molecule has 2 saturated heterocycles. The van der Waals surface area contributed by atoms with Crippen LogP contribution in [0.4, 0.5) is 11.6 Å². The summed E-state index contributed by atoms with van der Waals surface area (Å²) in [6, 6.07) is 7.81. The number of carbonyl (C=O) groups is 1. The highest BCUT2D eigenvalue weighted by Crippen LogP contribution is 2.31. The van der Waals surface area contributed by atoms with E-state index in [2.05, 4.69) is 21.4 Å². The first-order valence-electron chi connectivity index (χ1n) is 9.29. The normalized spacial score (nSPS) is 18.7. The number of hydrogen-bond donors (Lipinski definition) is 1. The molecule has 0 unspecified atom stereocenters. The summed E-state index contributed by atoms with van der Waals surface area (Å²) in [4.78, 5) is 23.3. The summed E-state index contributed by atoms with van der Waals surface area (Å²) in [5.41, 5.74) is 3.61. The fraction of sp³-hybridized carbons (Fsp3) is 0.450. The molecule has 2 aromatic rings. The second-order valence-corrected chi connectivity index (χ2v) is 7.17. The molecule has 4 rings (SSSR count). The van der Waals surface area contributed by atoms with Gasteiger partial charge in [0.25, 0.3) is 5.91 Å². The lowest BCUT2D eigenvalue weighted by molar-refractivity contribution is -0.181. The number of carbonyl (C=O) groups excluding carboxylic acids is 1. The van der Waals surface area contributed by atoms with Crippen molar-refractivity contribution in [2.24, 2.45) is 0 Å². The maximum absolute atomic E-state index is 12.8. The van der Waals surface area contributed by atoms with Gasteiger partial charge < -0.3 is 19.7 Å². The monoisotopic (exact) mass is 368 g/mol. The minimum atomic E-state index is -0.488. The number of rotatable bonds is 3. The van der Waals surface area contributed by atoms with Gasteiger partial charge in [0.1, 0.15) is 5.69 Å². The van der Waals surface area contributed by atoms with Crippen molar-refractivity contribution in [3.8, 4) is 0 Å². The number of aryl methyl sites for hydroxylation is 2. The van der Waals surface area contributed by atoms with Crippen LogP contribution in [0.15, 0.2) is 30.5 Å². The molecule has 2 aliphatic rings. The van der Waals surface area contributed by atoms with E-state index in [9.17, 15) is 4.79 Å². The number of amides is 1. The molecule has 0 bridgehead atoms. The molecule has 7 heteroatoms. The molecular formula is C20H24N4O3. The number of likely N-dealkylation sites (tertiary alicyclic amines) is 1. The molecular weight excluding hydrogens is 344 g/mol. The zero-order valence-corrected chi connectivity index (χ0v) is 15.7. The summed E-state index contributed by atoms with van der Waals surface area (Å²) in [7, 11) is 0. The fourth-order valence-corrected chi connectivity index (χ4v) is 3.71. The Balaban J connectivity index is 1.45. The number of anilines is 2. The van der Waals surface area contributed by atoms with Crippen LogP contribution in [-0.4, -0.2) is 52.9 Å². The van der Waals surface area contributed by atoms with E-state index in [1.807, 2.05) is 26.0 Å². The highest BCUT2D eigenvalue weighted by atomic mass is 16.7. The Morgan fingerprint density at radius 3 is 2.44 bits per heavy atom. The third-order valence-corrected chi connectivity index (χ3v) is 4.98. The first kappa shape index (κ1) is 17.9. The quantitative estimate of drug-likeness (QED) is 0.898. The molecule has 0 saturated carbocycles. The van der Waals surface area contributed by atoms with E-state index in [-0.39, 0.29) is 5.91 Å². The van der Waals surface area contributed by atoms with Gasteiger partial charge in [-0.2, -0.15) is 0 Å². The average Bonchev–Trinajstić information content (AvgIpc) is 3.09. The van der Waals surface area contributed by atoms with Gasteiger partial charge in [0.15, 0.2) is 5.79 Å². The van der Waals surface area contributed by atoms with E-state index in [0.29, 0.717) is 50.8 Å². The largest absolute Gasteiger partial charge is 0.347 e. The van der Waals surface area contributed by atoms with Crippen molar-refractivity contribution in [3.63, 3.8) is 0 Å². The zero-order valence-electron chi connectivity index (χ0n) is 15.7. The number of aromatic nitrogens is 2. The topological polar surface area (TPSA) is 76.6 Å². The summed E-state index contributed by atoms with van der Waals surface area (Å²) in [5.74, 6) is -0.159. The van der Waals surface area contributed by atoms with Crippen LogP contribution in [0.3, 0.4) is 0 Å². The van der Waals surface area contributed by atoms with Gasteiger partial charge in [-0.05, 0) is 43.2 Å². The Bertz CT molecular complexity index is 819. The lowest BCUT2D eigenvalue weighted by atomic mass is 10.0. The summed E-state index contributed by atoms with van der Waals surface area (Å²) in [6.07, 6.45) is 2.99. The number of ether oxygens (including phenoxy) is 2. The third kappa shape index (κ3) is 3.94. The molecule has 3 heterocycles. The van der Waals surface area contributed by atoms with E-state index in [0.717, 1.165) is 16.8 Å². The first-order chi connectivity index (χ1) is 13.0. The minimum Gasteiger partial charge on any atom is -0.347 e. The molecule has 0 radical (unpaired) electrons. The van der Waals surface area contributed by atoms with Crippen molar-refractivity contribution in [1.82, 2.24) is 14.9 Å². The number of hydrogen-bond acceptors (Lipinski definition) is 6. The predicted octanol–water partition coefficient (Wildman–Crippen LogP) is 2.82. The van der Waals surface area contributed by atoms with Crippen molar-refractivity contribution in [2.75, 3.05) is 31.6 Å². The van der Waals surface area contributed by atoms with E-state index < -0.39 is 5.79 Å². The van der Waals surface area contributed by atoms with Gasteiger partial charge in [-0.3, -0.25) is 4.79 Å². The second kappa shape index (κ2) is 7.25. The molecule has 27 heavy (non-hydrogen) atoms. The standard InChI is InChI=1S/C20H24N4O3/c1-14-11-15(2)13-16(12-14)22-19-21-6-3-17(23-19)18(25)24-7-4-20(5-8-24)26-9-10-27-20/h3,6,11-13H,4-5,7-10H2,1-2H3,(H,21,22,23). The van der Waals surface area contributed by atoms with Gasteiger partial charge >= 0.3 is 0 Å². The Labute approximate surface area is 158 Å². The van der Waals surface area contributed by atoms with Gasteiger partial charge in [-0.1, -0.05) is 6.07 Å². The third-order valence-electron chi connectivity index (χ3n) is 4.98. The van der Waals surface area contributed by atoms with Gasteiger partial charge in [0, 0.05) is 37.8 Å². The summed E-state index contributed by atoms with van der Waals surface area (Å²) in [5, 5.41) is 3.19. The van der Waals surface area contributed by atoms with E-state index >= 15 is 0 Å². The van der Waals surface area contributed by atoms with Crippen LogP contribution in [0, 0.1) is 13.8 Å². The molecule has 2 fully saturated rings. The van der Waals surface area contributed by atoms with Crippen LogP contribution in [0.25, 0.3) is 0 Å². The maximum atomic E-state index is 12.8. The number of nitrogens with one attached hydrogen (secondary N) is 1. The van der Waals surface area contributed by atoms with Gasteiger partial charge in [-0.25, -0.2) is 9.97 Å². The molecule has 2 aliphatic heterocycles. The van der Waals surface area contributed by atoms with Crippen LogP contribution in [-0.2, 0) is 9.47 Å². The Hall–Kier alpha value is -2.51. The summed E-state index contributed by atoms with van der Waals surface area (Å²) >= 11 is 0. The molecule has 1 aromatic heterocycles. The second-order valence-electron chi connectivity index (χ2n) is 7.17. The Morgan fingerprint density at radius 1 is 1.11 bits per heavy atom. The van der Waals surface area contributed by atoms with E-state index in [4.69, 9.17) is 9.47 Å².